The van der Waals surface area contributed by atoms with Gasteiger partial charge >= 0.3 is 0 Å². The summed E-state index contributed by atoms with van der Waals surface area (Å²) in [6.45, 7) is 3.69. The van der Waals surface area contributed by atoms with E-state index in [0.717, 1.165) is 24.1 Å². The van der Waals surface area contributed by atoms with Crippen molar-refractivity contribution in [1.82, 2.24) is 19.9 Å². The van der Waals surface area contributed by atoms with Crippen LogP contribution in [0.5, 0.6) is 0 Å². The summed E-state index contributed by atoms with van der Waals surface area (Å²) in [5, 5.41) is 0. The summed E-state index contributed by atoms with van der Waals surface area (Å²) in [4.78, 5) is 38.8. The Balaban J connectivity index is 1.71. The molecule has 2 aliphatic heterocycles. The van der Waals surface area contributed by atoms with Crippen LogP contribution in [0.3, 0.4) is 0 Å². The van der Waals surface area contributed by atoms with Gasteiger partial charge in [0.15, 0.2) is 11.6 Å². The molecule has 2 aromatic heterocycles. The summed E-state index contributed by atoms with van der Waals surface area (Å²) in [5.74, 6) is 1.08. The minimum Gasteiger partial charge on any atom is -0.448 e. The SMILES string of the molecule is CCc1nc2c(c(=O)[nH]1)C[C@H]1CC[C@@H](C2)N1C(=O)c1coc(C)n1. The van der Waals surface area contributed by atoms with Crippen molar-refractivity contribution in [2.75, 3.05) is 0 Å². The molecule has 1 saturated heterocycles. The molecule has 24 heavy (non-hydrogen) atoms. The van der Waals surface area contributed by atoms with Crippen LogP contribution in [0.4, 0.5) is 0 Å². The average molecular weight is 328 g/mol. The molecular weight excluding hydrogens is 308 g/mol. The van der Waals surface area contributed by atoms with Crippen LogP contribution in [0.1, 0.15) is 53.2 Å². The highest BCUT2D eigenvalue weighted by molar-refractivity contribution is 5.92. The fourth-order valence-electron chi connectivity index (χ4n) is 3.89. The van der Waals surface area contributed by atoms with Crippen LogP contribution >= 0.6 is 0 Å². The van der Waals surface area contributed by atoms with Crippen molar-refractivity contribution >= 4 is 5.91 Å². The number of carbonyl (C=O) groups excluding carboxylic acids is 1. The molecule has 0 aromatic carbocycles. The third-order valence-corrected chi connectivity index (χ3v) is 5.05. The van der Waals surface area contributed by atoms with Gasteiger partial charge < -0.3 is 14.3 Å². The molecule has 4 heterocycles. The third kappa shape index (κ3) is 2.35. The zero-order valence-corrected chi connectivity index (χ0v) is 13.8. The largest absolute Gasteiger partial charge is 0.448 e. The molecule has 0 unspecified atom stereocenters. The van der Waals surface area contributed by atoms with Crippen LogP contribution in [-0.2, 0) is 19.3 Å². The first kappa shape index (κ1) is 15.1. The van der Waals surface area contributed by atoms with Crippen molar-refractivity contribution in [2.45, 2.75) is 58.0 Å². The number of nitrogens with zero attached hydrogens (tertiary/aromatic N) is 3. The summed E-state index contributed by atoms with van der Waals surface area (Å²) in [6, 6.07) is 0.0934. The monoisotopic (exact) mass is 328 g/mol. The first-order valence-corrected chi connectivity index (χ1v) is 8.42. The molecule has 0 spiro atoms. The molecule has 2 bridgehead atoms. The fourth-order valence-corrected chi connectivity index (χ4v) is 3.89. The van der Waals surface area contributed by atoms with Crippen molar-refractivity contribution in [1.29, 1.82) is 0 Å². The Bertz CT molecular complexity index is 854. The van der Waals surface area contributed by atoms with Crippen LogP contribution < -0.4 is 5.56 Å². The van der Waals surface area contributed by atoms with Crippen LogP contribution in [0.25, 0.3) is 0 Å². The molecule has 7 heteroatoms. The molecule has 2 atom stereocenters. The second-order valence-electron chi connectivity index (χ2n) is 6.55. The van der Waals surface area contributed by atoms with Crippen molar-refractivity contribution in [2.24, 2.45) is 0 Å². The molecule has 126 valence electrons. The van der Waals surface area contributed by atoms with E-state index in [1.54, 1.807) is 6.92 Å². The maximum atomic E-state index is 12.9. The Morgan fingerprint density at radius 1 is 1.33 bits per heavy atom. The van der Waals surface area contributed by atoms with Gasteiger partial charge in [0.2, 0.25) is 0 Å². The van der Waals surface area contributed by atoms with Gasteiger partial charge in [-0.1, -0.05) is 6.92 Å². The van der Waals surface area contributed by atoms with Gasteiger partial charge in [-0.2, -0.15) is 0 Å². The van der Waals surface area contributed by atoms with E-state index in [2.05, 4.69) is 15.0 Å². The average Bonchev–Trinajstić information content (AvgIpc) is 3.10. The van der Waals surface area contributed by atoms with Gasteiger partial charge in [-0.15, -0.1) is 0 Å². The van der Waals surface area contributed by atoms with Crippen molar-refractivity contribution in [3.63, 3.8) is 0 Å². The molecular formula is C17H20N4O3. The summed E-state index contributed by atoms with van der Waals surface area (Å²) in [7, 11) is 0. The Labute approximate surface area is 139 Å². The van der Waals surface area contributed by atoms with E-state index in [1.807, 2.05) is 11.8 Å². The first-order chi connectivity index (χ1) is 11.6. The highest BCUT2D eigenvalue weighted by Crippen LogP contribution is 2.33. The summed E-state index contributed by atoms with van der Waals surface area (Å²) in [6.07, 6.45) is 5.13. The number of aromatic amines is 1. The molecule has 0 radical (unpaired) electrons. The standard InChI is InChI=1S/C17H20N4O3/c1-3-15-19-13-7-11-5-4-10(6-12(13)16(22)20-15)21(11)17(23)14-8-24-9(2)18-14/h8,10-11H,3-7H2,1-2H3,(H,19,20,22)/t10-,11+/m1/s1. The predicted octanol–water partition coefficient (Wildman–Crippen LogP) is 1.40. The molecule has 0 saturated carbocycles. The van der Waals surface area contributed by atoms with E-state index >= 15 is 0 Å². The van der Waals surface area contributed by atoms with E-state index in [-0.39, 0.29) is 23.6 Å². The zero-order chi connectivity index (χ0) is 16.8. The molecule has 1 amide bonds. The van der Waals surface area contributed by atoms with E-state index < -0.39 is 0 Å². The van der Waals surface area contributed by atoms with E-state index in [0.29, 0.717) is 36.7 Å². The molecule has 2 aliphatic rings. The van der Waals surface area contributed by atoms with Crippen molar-refractivity contribution < 1.29 is 9.21 Å². The number of fused-ring (bicyclic) bond motifs is 3. The van der Waals surface area contributed by atoms with E-state index in [4.69, 9.17) is 4.42 Å². The summed E-state index contributed by atoms with van der Waals surface area (Å²) < 4.78 is 5.18. The smallest absolute Gasteiger partial charge is 0.276 e. The van der Waals surface area contributed by atoms with Crippen LogP contribution in [0.2, 0.25) is 0 Å². The van der Waals surface area contributed by atoms with Crippen molar-refractivity contribution in [3.8, 4) is 0 Å². The lowest BCUT2D eigenvalue weighted by Gasteiger charge is -2.27. The number of carbonyl (C=O) groups is 1. The third-order valence-electron chi connectivity index (χ3n) is 5.05. The number of aromatic nitrogens is 3. The number of nitrogens with one attached hydrogen (secondary N) is 1. The van der Waals surface area contributed by atoms with Gasteiger partial charge in [0.25, 0.3) is 11.5 Å². The van der Waals surface area contributed by atoms with E-state index in [9.17, 15) is 9.59 Å². The Morgan fingerprint density at radius 2 is 2.08 bits per heavy atom. The molecule has 1 fully saturated rings. The van der Waals surface area contributed by atoms with Gasteiger partial charge in [0, 0.05) is 43.8 Å². The second-order valence-corrected chi connectivity index (χ2v) is 6.55. The molecule has 1 N–H and O–H groups in total. The summed E-state index contributed by atoms with van der Waals surface area (Å²) in [5.41, 5.74) is 1.85. The van der Waals surface area contributed by atoms with Crippen LogP contribution in [-0.4, -0.2) is 37.8 Å². The number of rotatable bonds is 2. The maximum absolute atomic E-state index is 12.9. The Morgan fingerprint density at radius 3 is 2.75 bits per heavy atom. The highest BCUT2D eigenvalue weighted by Gasteiger charge is 2.41. The lowest BCUT2D eigenvalue weighted by Crippen LogP contribution is -2.42. The van der Waals surface area contributed by atoms with Gasteiger partial charge in [-0.25, -0.2) is 9.97 Å². The molecule has 0 aliphatic carbocycles. The lowest BCUT2D eigenvalue weighted by molar-refractivity contribution is 0.0667. The number of H-pyrrole nitrogens is 1. The zero-order valence-electron chi connectivity index (χ0n) is 13.8. The predicted molar refractivity (Wildman–Crippen MR) is 85.9 cm³/mol. The molecule has 7 nitrogen and oxygen atoms in total. The number of oxazole rings is 1. The van der Waals surface area contributed by atoms with Crippen LogP contribution in [0.15, 0.2) is 15.5 Å². The summed E-state index contributed by atoms with van der Waals surface area (Å²) >= 11 is 0. The van der Waals surface area contributed by atoms with E-state index in [1.165, 1.54) is 6.26 Å². The lowest BCUT2D eigenvalue weighted by atomic mass is 9.98. The van der Waals surface area contributed by atoms with Gasteiger partial charge in [0.05, 0.1) is 5.69 Å². The maximum Gasteiger partial charge on any atom is 0.276 e. The second kappa shape index (κ2) is 5.58. The minimum atomic E-state index is -0.112. The van der Waals surface area contributed by atoms with Gasteiger partial charge in [-0.3, -0.25) is 9.59 Å². The number of aryl methyl sites for hydroxylation is 2. The number of amides is 1. The van der Waals surface area contributed by atoms with Gasteiger partial charge in [0.1, 0.15) is 12.1 Å². The molecule has 4 rings (SSSR count). The van der Waals surface area contributed by atoms with Crippen LogP contribution in [0, 0.1) is 6.92 Å². The Hall–Kier alpha value is -2.44. The quantitative estimate of drug-likeness (QED) is 0.899. The first-order valence-electron chi connectivity index (χ1n) is 8.42. The minimum absolute atomic E-state index is 0.0242. The molecule has 2 aromatic rings. The number of hydrogen-bond acceptors (Lipinski definition) is 5. The fraction of sp³-hybridized carbons (Fsp3) is 0.529. The highest BCUT2D eigenvalue weighted by atomic mass is 16.3. The van der Waals surface area contributed by atoms with Crippen molar-refractivity contribution in [3.05, 3.63) is 45.3 Å². The normalized spacial score (nSPS) is 22.3. The number of hydrogen-bond donors (Lipinski definition) is 1. The van der Waals surface area contributed by atoms with Gasteiger partial charge in [-0.05, 0) is 12.8 Å². The Kier molecular flexibility index (Phi) is 3.51. The topological polar surface area (TPSA) is 92.1 Å².